The van der Waals surface area contributed by atoms with Crippen molar-refractivity contribution in [3.8, 4) is 5.75 Å². The third-order valence-electron chi connectivity index (χ3n) is 1.98. The molecule has 1 aromatic rings. The number of carboxylic acid groups (broad SMARTS) is 1. The van der Waals surface area contributed by atoms with E-state index in [0.29, 0.717) is 12.2 Å². The number of aliphatic carboxylic acids is 1. The summed E-state index contributed by atoms with van der Waals surface area (Å²) in [6.07, 6.45) is -0.262. The summed E-state index contributed by atoms with van der Waals surface area (Å²) >= 11 is 3.29. The zero-order valence-corrected chi connectivity index (χ0v) is 8.24. The number of ether oxygens (including phenoxy) is 1. The van der Waals surface area contributed by atoms with Gasteiger partial charge < -0.3 is 9.84 Å². The summed E-state index contributed by atoms with van der Waals surface area (Å²) in [5, 5.41) is 8.72. The number of hydrogen-bond acceptors (Lipinski definition) is 2. The van der Waals surface area contributed by atoms with E-state index < -0.39 is 12.1 Å². The minimum absolute atomic E-state index is 0.456. The Labute approximate surface area is 83.5 Å². The van der Waals surface area contributed by atoms with Crippen molar-refractivity contribution in [2.24, 2.45) is 0 Å². The van der Waals surface area contributed by atoms with Crippen molar-refractivity contribution in [2.45, 2.75) is 12.5 Å². The van der Waals surface area contributed by atoms with Gasteiger partial charge in [-0.05, 0) is 17.7 Å². The molecule has 1 aliphatic heterocycles. The van der Waals surface area contributed by atoms with Gasteiger partial charge in [-0.25, -0.2) is 4.79 Å². The van der Waals surface area contributed by atoms with Crippen LogP contribution in [0.4, 0.5) is 0 Å². The minimum atomic E-state index is -0.910. The molecule has 3 nitrogen and oxygen atoms in total. The predicted molar refractivity (Wildman–Crippen MR) is 49.9 cm³/mol. The lowest BCUT2D eigenvalue weighted by Gasteiger charge is -2.03. The topological polar surface area (TPSA) is 46.5 Å². The Hall–Kier alpha value is -1.03. The number of carbonyl (C=O) groups is 1. The largest absolute Gasteiger partial charge is 0.478 e. The number of carboxylic acids is 1. The highest BCUT2D eigenvalue weighted by molar-refractivity contribution is 9.10. The van der Waals surface area contributed by atoms with Gasteiger partial charge in [-0.3, -0.25) is 0 Å². The quantitative estimate of drug-likeness (QED) is 0.818. The molecule has 1 atom stereocenters. The molecule has 4 heteroatoms. The van der Waals surface area contributed by atoms with Crippen molar-refractivity contribution in [1.82, 2.24) is 0 Å². The maximum absolute atomic E-state index is 10.6. The summed E-state index contributed by atoms with van der Waals surface area (Å²) in [5.41, 5.74) is 0.954. The predicted octanol–water partition coefficient (Wildman–Crippen LogP) is 1.84. The van der Waals surface area contributed by atoms with E-state index in [1.54, 1.807) is 6.07 Å². The van der Waals surface area contributed by atoms with Gasteiger partial charge in [-0.1, -0.05) is 22.0 Å². The van der Waals surface area contributed by atoms with E-state index in [2.05, 4.69) is 15.9 Å². The normalized spacial score (nSPS) is 19.3. The van der Waals surface area contributed by atoms with Crippen LogP contribution in [0, 0.1) is 0 Å². The second-order valence-electron chi connectivity index (χ2n) is 2.90. The average molecular weight is 243 g/mol. The highest BCUT2D eigenvalue weighted by Gasteiger charge is 2.28. The zero-order chi connectivity index (χ0) is 9.42. The van der Waals surface area contributed by atoms with Crippen LogP contribution in [0.15, 0.2) is 22.7 Å². The smallest absolute Gasteiger partial charge is 0.345 e. The van der Waals surface area contributed by atoms with E-state index in [1.165, 1.54) is 0 Å². The first-order valence-corrected chi connectivity index (χ1v) is 4.64. The molecule has 0 radical (unpaired) electrons. The number of halogens is 1. The van der Waals surface area contributed by atoms with Gasteiger partial charge in [-0.2, -0.15) is 0 Å². The van der Waals surface area contributed by atoms with Gasteiger partial charge in [0.1, 0.15) is 5.75 Å². The van der Waals surface area contributed by atoms with Crippen LogP contribution in [-0.4, -0.2) is 17.2 Å². The van der Waals surface area contributed by atoms with Crippen LogP contribution in [0.3, 0.4) is 0 Å². The third-order valence-corrected chi connectivity index (χ3v) is 2.47. The summed E-state index contributed by atoms with van der Waals surface area (Å²) in [6.45, 7) is 0. The first kappa shape index (κ1) is 8.56. The molecule has 1 aliphatic rings. The molecule has 1 N–H and O–H groups in total. The standard InChI is InChI=1S/C9H7BrO3/c10-6-2-1-5-3-8(9(11)12)13-7(5)4-6/h1-2,4,8H,3H2,(H,11,12). The lowest BCUT2D eigenvalue weighted by Crippen LogP contribution is -2.24. The Morgan fingerprint density at radius 2 is 2.38 bits per heavy atom. The Morgan fingerprint density at radius 1 is 1.62 bits per heavy atom. The SMILES string of the molecule is O=C(O)C1Cc2ccc(Br)cc2O1. The molecule has 1 heterocycles. The fourth-order valence-electron chi connectivity index (χ4n) is 1.34. The van der Waals surface area contributed by atoms with Crippen molar-refractivity contribution < 1.29 is 14.6 Å². The maximum Gasteiger partial charge on any atom is 0.345 e. The molecule has 13 heavy (non-hydrogen) atoms. The van der Waals surface area contributed by atoms with Gasteiger partial charge in [-0.15, -0.1) is 0 Å². The molecule has 0 spiro atoms. The molecule has 0 bridgehead atoms. The molecule has 0 aromatic heterocycles. The van der Waals surface area contributed by atoms with Crippen molar-refractivity contribution >= 4 is 21.9 Å². The summed E-state index contributed by atoms with van der Waals surface area (Å²) in [6, 6.07) is 5.55. The molecule has 0 amide bonds. The van der Waals surface area contributed by atoms with Crippen molar-refractivity contribution in [1.29, 1.82) is 0 Å². The van der Waals surface area contributed by atoms with E-state index in [0.717, 1.165) is 10.0 Å². The fourth-order valence-corrected chi connectivity index (χ4v) is 1.68. The van der Waals surface area contributed by atoms with Crippen LogP contribution in [0.1, 0.15) is 5.56 Å². The monoisotopic (exact) mass is 242 g/mol. The van der Waals surface area contributed by atoms with Crippen LogP contribution in [0.5, 0.6) is 5.75 Å². The lowest BCUT2D eigenvalue weighted by molar-refractivity contribution is -0.144. The van der Waals surface area contributed by atoms with Crippen LogP contribution in [0.2, 0.25) is 0 Å². The van der Waals surface area contributed by atoms with Gasteiger partial charge in [0, 0.05) is 10.9 Å². The van der Waals surface area contributed by atoms with Gasteiger partial charge in [0.25, 0.3) is 0 Å². The third kappa shape index (κ3) is 1.54. The molecule has 0 saturated heterocycles. The average Bonchev–Trinajstić information content (AvgIpc) is 2.46. The van der Waals surface area contributed by atoms with Crippen LogP contribution < -0.4 is 4.74 Å². The van der Waals surface area contributed by atoms with Gasteiger partial charge >= 0.3 is 5.97 Å². The molecule has 2 rings (SSSR count). The van der Waals surface area contributed by atoms with Gasteiger partial charge in [0.15, 0.2) is 6.10 Å². The van der Waals surface area contributed by atoms with E-state index in [-0.39, 0.29) is 0 Å². The Bertz CT molecular complexity index is 362. The van der Waals surface area contributed by atoms with Crippen molar-refractivity contribution in [2.75, 3.05) is 0 Å². The summed E-state index contributed by atoms with van der Waals surface area (Å²) < 4.78 is 6.12. The lowest BCUT2D eigenvalue weighted by atomic mass is 10.1. The number of benzene rings is 1. The maximum atomic E-state index is 10.6. The summed E-state index contributed by atoms with van der Waals surface area (Å²) in [4.78, 5) is 10.6. The molecular formula is C9H7BrO3. The second-order valence-corrected chi connectivity index (χ2v) is 3.82. The molecule has 0 fully saturated rings. The molecule has 68 valence electrons. The number of fused-ring (bicyclic) bond motifs is 1. The van der Waals surface area contributed by atoms with Crippen molar-refractivity contribution in [3.05, 3.63) is 28.2 Å². The molecule has 0 saturated carbocycles. The highest BCUT2D eigenvalue weighted by atomic mass is 79.9. The van der Waals surface area contributed by atoms with E-state index in [9.17, 15) is 4.79 Å². The minimum Gasteiger partial charge on any atom is -0.478 e. The molecule has 1 unspecified atom stereocenters. The number of rotatable bonds is 1. The Kier molecular flexibility index (Phi) is 2.00. The second kappa shape index (κ2) is 3.03. The summed E-state index contributed by atoms with van der Waals surface area (Å²) in [7, 11) is 0. The van der Waals surface area contributed by atoms with Crippen LogP contribution >= 0.6 is 15.9 Å². The highest BCUT2D eigenvalue weighted by Crippen LogP contribution is 2.31. The molecule has 0 aliphatic carbocycles. The Morgan fingerprint density at radius 3 is 3.08 bits per heavy atom. The van der Waals surface area contributed by atoms with Crippen molar-refractivity contribution in [3.63, 3.8) is 0 Å². The fraction of sp³-hybridized carbons (Fsp3) is 0.222. The number of hydrogen-bond donors (Lipinski definition) is 1. The molecular weight excluding hydrogens is 236 g/mol. The summed E-state index contributed by atoms with van der Waals surface area (Å²) in [5.74, 6) is -0.242. The van der Waals surface area contributed by atoms with Crippen LogP contribution in [-0.2, 0) is 11.2 Å². The van der Waals surface area contributed by atoms with E-state index in [4.69, 9.17) is 9.84 Å². The molecule has 1 aromatic carbocycles. The van der Waals surface area contributed by atoms with Gasteiger partial charge in [0.2, 0.25) is 0 Å². The van der Waals surface area contributed by atoms with Crippen LogP contribution in [0.25, 0.3) is 0 Å². The first-order chi connectivity index (χ1) is 6.16. The van der Waals surface area contributed by atoms with Gasteiger partial charge in [0.05, 0.1) is 0 Å². The first-order valence-electron chi connectivity index (χ1n) is 3.85. The van der Waals surface area contributed by atoms with E-state index >= 15 is 0 Å². The Balaban J connectivity index is 2.30. The van der Waals surface area contributed by atoms with E-state index in [1.807, 2.05) is 12.1 Å². The zero-order valence-electron chi connectivity index (χ0n) is 6.66.